The van der Waals surface area contributed by atoms with Crippen LogP contribution in [0, 0.1) is 0 Å². The molecule has 5 N–H and O–H groups in total. The average molecular weight is 382 g/mol. The van der Waals surface area contributed by atoms with E-state index in [4.69, 9.17) is 16.2 Å². The molecule has 0 saturated carbocycles. The number of rotatable bonds is 6. The fraction of sp³-hybridized carbons (Fsp3) is 0.333. The second kappa shape index (κ2) is 9.23. The summed E-state index contributed by atoms with van der Waals surface area (Å²) in [6, 6.07) is 15.7. The van der Waals surface area contributed by atoms with Crippen LogP contribution < -0.4 is 21.5 Å². The van der Waals surface area contributed by atoms with Crippen LogP contribution >= 0.6 is 0 Å². The van der Waals surface area contributed by atoms with E-state index < -0.39 is 12.1 Å². The largest absolute Gasteiger partial charge is 0.457 e. The highest BCUT2D eigenvalue weighted by Crippen LogP contribution is 2.26. The van der Waals surface area contributed by atoms with Gasteiger partial charge in [-0.15, -0.1) is 0 Å². The molecule has 0 radical (unpaired) electrons. The van der Waals surface area contributed by atoms with E-state index in [1.807, 2.05) is 54.6 Å². The molecule has 1 aliphatic rings. The van der Waals surface area contributed by atoms with Crippen LogP contribution in [0.25, 0.3) is 0 Å². The van der Waals surface area contributed by atoms with E-state index in [1.54, 1.807) is 4.90 Å². The van der Waals surface area contributed by atoms with Crippen molar-refractivity contribution < 1.29 is 14.3 Å². The Labute approximate surface area is 164 Å². The summed E-state index contributed by atoms with van der Waals surface area (Å²) in [6.07, 6.45) is 1.72. The molecule has 28 heavy (non-hydrogen) atoms. The zero-order valence-electron chi connectivity index (χ0n) is 15.7. The Morgan fingerprint density at radius 2 is 1.75 bits per heavy atom. The first-order valence-electron chi connectivity index (χ1n) is 9.43. The van der Waals surface area contributed by atoms with Gasteiger partial charge >= 0.3 is 6.03 Å². The van der Waals surface area contributed by atoms with Crippen LogP contribution in [-0.2, 0) is 4.79 Å². The van der Waals surface area contributed by atoms with Crippen LogP contribution in [0.2, 0.25) is 0 Å². The van der Waals surface area contributed by atoms with E-state index in [9.17, 15) is 9.59 Å². The van der Waals surface area contributed by atoms with Gasteiger partial charge in [0.05, 0.1) is 12.5 Å². The maximum Gasteiger partial charge on any atom is 0.312 e. The summed E-state index contributed by atoms with van der Waals surface area (Å²) >= 11 is 0. The van der Waals surface area contributed by atoms with Crippen molar-refractivity contribution in [1.29, 1.82) is 0 Å². The summed E-state index contributed by atoms with van der Waals surface area (Å²) in [5, 5.41) is 2.68. The van der Waals surface area contributed by atoms with Crippen LogP contribution in [0.5, 0.6) is 11.5 Å². The van der Waals surface area contributed by atoms with Crippen molar-refractivity contribution in [2.45, 2.75) is 31.3 Å². The highest BCUT2D eigenvalue weighted by atomic mass is 16.5. The predicted molar refractivity (Wildman–Crippen MR) is 107 cm³/mol. The standard InChI is InChI=1S/C21H26N4O3/c22-16-9-11-25(12-10-16)20(26)14-19(24-21(23)27)15-5-4-8-18(13-15)28-17-6-2-1-3-7-17/h1-8,13,16,19H,9-12,14,22H2,(H3,23,24,27). The van der Waals surface area contributed by atoms with E-state index >= 15 is 0 Å². The summed E-state index contributed by atoms with van der Waals surface area (Å²) < 4.78 is 5.85. The van der Waals surface area contributed by atoms with Gasteiger partial charge in [0.15, 0.2) is 0 Å². The summed E-state index contributed by atoms with van der Waals surface area (Å²) in [6.45, 7) is 1.28. The molecule has 1 atom stereocenters. The number of nitrogens with zero attached hydrogens (tertiary/aromatic N) is 1. The number of benzene rings is 2. The first-order chi connectivity index (χ1) is 13.5. The molecule has 0 aromatic heterocycles. The van der Waals surface area contributed by atoms with E-state index in [-0.39, 0.29) is 18.4 Å². The second-order valence-corrected chi connectivity index (χ2v) is 6.97. The number of likely N-dealkylation sites (tertiary alicyclic amines) is 1. The molecular formula is C21H26N4O3. The van der Waals surface area contributed by atoms with Crippen LogP contribution in [0.1, 0.15) is 30.9 Å². The lowest BCUT2D eigenvalue weighted by atomic mass is 10.0. The number of primary amides is 1. The minimum atomic E-state index is -0.673. The van der Waals surface area contributed by atoms with Crippen molar-refractivity contribution in [2.75, 3.05) is 13.1 Å². The molecule has 7 heteroatoms. The smallest absolute Gasteiger partial charge is 0.312 e. The molecule has 1 heterocycles. The molecule has 148 valence electrons. The Bertz CT molecular complexity index is 804. The van der Waals surface area contributed by atoms with Gasteiger partial charge in [0.2, 0.25) is 5.91 Å². The Balaban J connectivity index is 1.73. The molecule has 1 fully saturated rings. The quantitative estimate of drug-likeness (QED) is 0.713. The fourth-order valence-corrected chi connectivity index (χ4v) is 3.30. The van der Waals surface area contributed by atoms with Crippen molar-refractivity contribution in [1.82, 2.24) is 10.2 Å². The van der Waals surface area contributed by atoms with Crippen molar-refractivity contribution in [3.8, 4) is 11.5 Å². The zero-order valence-corrected chi connectivity index (χ0v) is 15.7. The Morgan fingerprint density at radius 1 is 1.07 bits per heavy atom. The fourth-order valence-electron chi connectivity index (χ4n) is 3.30. The van der Waals surface area contributed by atoms with Gasteiger partial charge in [-0.2, -0.15) is 0 Å². The van der Waals surface area contributed by atoms with E-state index in [2.05, 4.69) is 5.32 Å². The molecule has 0 spiro atoms. The molecule has 3 amide bonds. The van der Waals surface area contributed by atoms with Crippen LogP contribution in [0.15, 0.2) is 54.6 Å². The van der Waals surface area contributed by atoms with Crippen molar-refractivity contribution in [3.05, 3.63) is 60.2 Å². The Hall–Kier alpha value is -3.06. The SMILES string of the molecule is NC(=O)NC(CC(=O)N1CCC(N)CC1)c1cccc(Oc2ccccc2)c1. The highest BCUT2D eigenvalue weighted by Gasteiger charge is 2.25. The zero-order chi connectivity index (χ0) is 19.9. The topological polar surface area (TPSA) is 111 Å². The molecule has 7 nitrogen and oxygen atoms in total. The number of nitrogens with one attached hydrogen (secondary N) is 1. The number of piperidine rings is 1. The van der Waals surface area contributed by atoms with Crippen molar-refractivity contribution in [3.63, 3.8) is 0 Å². The summed E-state index contributed by atoms with van der Waals surface area (Å²) in [5.41, 5.74) is 12.0. The van der Waals surface area contributed by atoms with Crippen molar-refractivity contribution >= 4 is 11.9 Å². The van der Waals surface area contributed by atoms with Gasteiger partial charge in [-0.1, -0.05) is 30.3 Å². The van der Waals surface area contributed by atoms with Gasteiger partial charge < -0.3 is 26.4 Å². The van der Waals surface area contributed by atoms with Crippen LogP contribution in [0.3, 0.4) is 0 Å². The number of ether oxygens (including phenoxy) is 1. The Morgan fingerprint density at radius 3 is 2.43 bits per heavy atom. The first-order valence-corrected chi connectivity index (χ1v) is 9.43. The van der Waals surface area contributed by atoms with E-state index in [0.29, 0.717) is 24.6 Å². The average Bonchev–Trinajstić information content (AvgIpc) is 2.68. The lowest BCUT2D eigenvalue weighted by Gasteiger charge is -2.31. The minimum Gasteiger partial charge on any atom is -0.457 e. The first kappa shape index (κ1) is 19.7. The number of carbonyl (C=O) groups excluding carboxylic acids is 2. The molecule has 2 aromatic rings. The molecule has 1 saturated heterocycles. The number of nitrogens with two attached hydrogens (primary N) is 2. The third kappa shape index (κ3) is 5.47. The second-order valence-electron chi connectivity index (χ2n) is 6.97. The lowest BCUT2D eigenvalue weighted by Crippen LogP contribution is -2.44. The summed E-state index contributed by atoms with van der Waals surface area (Å²) in [5.74, 6) is 1.30. The maximum atomic E-state index is 12.7. The molecule has 1 aliphatic heterocycles. The number of amides is 3. The van der Waals surface area contributed by atoms with Gasteiger partial charge in [0, 0.05) is 19.1 Å². The Kier molecular flexibility index (Phi) is 6.49. The monoisotopic (exact) mass is 382 g/mol. The highest BCUT2D eigenvalue weighted by molar-refractivity contribution is 5.79. The maximum absolute atomic E-state index is 12.7. The van der Waals surface area contributed by atoms with Gasteiger partial charge in [-0.25, -0.2) is 4.79 Å². The molecule has 3 rings (SSSR count). The van der Waals surface area contributed by atoms with Gasteiger partial charge in [0.25, 0.3) is 0 Å². The number of carbonyl (C=O) groups is 2. The molecule has 2 aromatic carbocycles. The summed E-state index contributed by atoms with van der Waals surface area (Å²) in [7, 11) is 0. The third-order valence-corrected chi connectivity index (χ3v) is 4.83. The molecule has 0 bridgehead atoms. The third-order valence-electron chi connectivity index (χ3n) is 4.83. The number of hydrogen-bond donors (Lipinski definition) is 3. The summed E-state index contributed by atoms with van der Waals surface area (Å²) in [4.78, 5) is 26.0. The lowest BCUT2D eigenvalue weighted by molar-refractivity contribution is -0.132. The molecule has 0 aliphatic carbocycles. The number of hydrogen-bond acceptors (Lipinski definition) is 4. The van der Waals surface area contributed by atoms with Gasteiger partial charge in [0.1, 0.15) is 11.5 Å². The van der Waals surface area contributed by atoms with Gasteiger partial charge in [-0.3, -0.25) is 4.79 Å². The van der Waals surface area contributed by atoms with E-state index in [0.717, 1.165) is 18.4 Å². The van der Waals surface area contributed by atoms with Crippen LogP contribution in [-0.4, -0.2) is 36.0 Å². The normalized spacial score (nSPS) is 15.7. The molecule has 1 unspecified atom stereocenters. The number of para-hydroxylation sites is 1. The predicted octanol–water partition coefficient (Wildman–Crippen LogP) is 2.53. The van der Waals surface area contributed by atoms with Crippen molar-refractivity contribution in [2.24, 2.45) is 11.5 Å². The van der Waals surface area contributed by atoms with Crippen LogP contribution in [0.4, 0.5) is 4.79 Å². The molecular weight excluding hydrogens is 356 g/mol. The minimum absolute atomic E-state index is 0.0277. The van der Waals surface area contributed by atoms with E-state index in [1.165, 1.54) is 0 Å². The number of urea groups is 1. The van der Waals surface area contributed by atoms with Gasteiger partial charge in [-0.05, 0) is 42.7 Å².